The molecule has 4 heteroatoms. The number of amides is 1. The lowest BCUT2D eigenvalue weighted by Crippen LogP contribution is -2.36. The van der Waals surface area contributed by atoms with Gasteiger partial charge in [-0.05, 0) is 47.7 Å². The fraction of sp³-hybridized carbons (Fsp3) is 0.278. The van der Waals surface area contributed by atoms with E-state index in [1.54, 1.807) is 11.0 Å². The van der Waals surface area contributed by atoms with Gasteiger partial charge in [-0.1, -0.05) is 18.2 Å². The van der Waals surface area contributed by atoms with Crippen molar-refractivity contribution in [2.24, 2.45) is 0 Å². The topological polar surface area (TPSA) is 29.5 Å². The first kappa shape index (κ1) is 13.5. The van der Waals surface area contributed by atoms with Crippen LogP contribution in [0, 0.1) is 5.82 Å². The van der Waals surface area contributed by atoms with Crippen molar-refractivity contribution in [2.75, 3.05) is 11.4 Å². The molecule has 0 saturated heterocycles. The molecule has 0 fully saturated rings. The van der Waals surface area contributed by atoms with E-state index in [-0.39, 0.29) is 11.7 Å². The minimum Gasteiger partial charge on any atom is -0.372 e. The molecule has 2 aliphatic heterocycles. The van der Waals surface area contributed by atoms with Crippen LogP contribution in [0.25, 0.3) is 0 Å². The second kappa shape index (κ2) is 5.21. The molecule has 0 unspecified atom stereocenters. The Balaban J connectivity index is 1.73. The van der Waals surface area contributed by atoms with Crippen LogP contribution in [0.5, 0.6) is 0 Å². The first-order chi connectivity index (χ1) is 10.7. The quantitative estimate of drug-likeness (QED) is 0.807. The Bertz CT molecular complexity index is 757. The molecule has 0 radical (unpaired) electrons. The van der Waals surface area contributed by atoms with Gasteiger partial charge in [0.25, 0.3) is 5.91 Å². The SMILES string of the molecule is O=C(c1ccc2c(c1)COC2)N1CCCc2cccc(F)c21. The fourth-order valence-electron chi connectivity index (χ4n) is 3.27. The summed E-state index contributed by atoms with van der Waals surface area (Å²) >= 11 is 0. The van der Waals surface area contributed by atoms with Crippen molar-refractivity contribution in [3.8, 4) is 0 Å². The van der Waals surface area contributed by atoms with Crippen LogP contribution in [0.15, 0.2) is 36.4 Å². The van der Waals surface area contributed by atoms with Crippen molar-refractivity contribution in [1.82, 2.24) is 0 Å². The number of nitrogens with zero attached hydrogens (tertiary/aromatic N) is 1. The summed E-state index contributed by atoms with van der Waals surface area (Å²) < 4.78 is 19.6. The molecule has 112 valence electrons. The Morgan fingerprint density at radius 2 is 1.95 bits per heavy atom. The summed E-state index contributed by atoms with van der Waals surface area (Å²) in [6, 6.07) is 10.6. The van der Waals surface area contributed by atoms with Gasteiger partial charge in [-0.2, -0.15) is 0 Å². The molecule has 2 aromatic rings. The molecule has 2 aromatic carbocycles. The number of ether oxygens (including phenoxy) is 1. The lowest BCUT2D eigenvalue weighted by Gasteiger charge is -2.30. The molecule has 0 aliphatic carbocycles. The second-order valence-corrected chi connectivity index (χ2v) is 5.78. The summed E-state index contributed by atoms with van der Waals surface area (Å²) in [5, 5.41) is 0. The molecular weight excluding hydrogens is 281 g/mol. The molecule has 2 heterocycles. The largest absolute Gasteiger partial charge is 0.372 e. The molecule has 3 nitrogen and oxygen atoms in total. The van der Waals surface area contributed by atoms with Gasteiger partial charge in [-0.25, -0.2) is 4.39 Å². The number of fused-ring (bicyclic) bond motifs is 2. The zero-order chi connectivity index (χ0) is 15.1. The first-order valence-corrected chi connectivity index (χ1v) is 7.53. The van der Waals surface area contributed by atoms with Crippen molar-refractivity contribution in [2.45, 2.75) is 26.1 Å². The number of aryl methyl sites for hydroxylation is 1. The number of anilines is 1. The zero-order valence-electron chi connectivity index (χ0n) is 12.1. The maximum atomic E-state index is 14.2. The summed E-state index contributed by atoms with van der Waals surface area (Å²) in [6.07, 6.45) is 1.67. The number of carbonyl (C=O) groups excluding carboxylic acids is 1. The summed E-state index contributed by atoms with van der Waals surface area (Å²) in [5.74, 6) is -0.462. The predicted molar refractivity (Wildman–Crippen MR) is 81.3 cm³/mol. The van der Waals surface area contributed by atoms with Crippen molar-refractivity contribution in [1.29, 1.82) is 0 Å². The molecule has 0 spiro atoms. The van der Waals surface area contributed by atoms with E-state index >= 15 is 0 Å². The standard InChI is InChI=1S/C18H16FNO2/c19-16-5-1-3-12-4-2-8-20(17(12)16)18(21)13-6-7-14-10-22-11-15(14)9-13/h1,3,5-7,9H,2,4,8,10-11H2. The van der Waals surface area contributed by atoms with Crippen molar-refractivity contribution in [3.05, 3.63) is 64.5 Å². The highest BCUT2D eigenvalue weighted by Gasteiger charge is 2.27. The third kappa shape index (κ3) is 2.11. The van der Waals surface area contributed by atoms with Gasteiger partial charge >= 0.3 is 0 Å². The molecule has 2 aliphatic rings. The third-order valence-corrected chi connectivity index (χ3v) is 4.38. The van der Waals surface area contributed by atoms with E-state index in [1.165, 1.54) is 6.07 Å². The van der Waals surface area contributed by atoms with Crippen molar-refractivity contribution in [3.63, 3.8) is 0 Å². The van der Waals surface area contributed by atoms with Gasteiger partial charge < -0.3 is 9.64 Å². The second-order valence-electron chi connectivity index (χ2n) is 5.78. The van der Waals surface area contributed by atoms with Gasteiger partial charge in [0.2, 0.25) is 0 Å². The van der Waals surface area contributed by atoms with Crippen molar-refractivity contribution >= 4 is 11.6 Å². The monoisotopic (exact) mass is 297 g/mol. The lowest BCUT2D eigenvalue weighted by atomic mass is 9.99. The molecule has 0 bridgehead atoms. The number of carbonyl (C=O) groups is 1. The highest BCUT2D eigenvalue weighted by molar-refractivity contribution is 6.07. The van der Waals surface area contributed by atoms with Crippen LogP contribution in [0.2, 0.25) is 0 Å². The van der Waals surface area contributed by atoms with Gasteiger partial charge in [-0.3, -0.25) is 4.79 Å². The lowest BCUT2D eigenvalue weighted by molar-refractivity contribution is 0.0984. The normalized spacial score (nSPS) is 16.3. The minimum absolute atomic E-state index is 0.138. The first-order valence-electron chi connectivity index (χ1n) is 7.53. The molecule has 22 heavy (non-hydrogen) atoms. The summed E-state index contributed by atoms with van der Waals surface area (Å²) in [5.41, 5.74) is 4.12. The molecule has 0 N–H and O–H groups in total. The van der Waals surface area contributed by atoms with E-state index < -0.39 is 0 Å². The van der Waals surface area contributed by atoms with E-state index in [2.05, 4.69) is 0 Å². The molecule has 0 aromatic heterocycles. The maximum absolute atomic E-state index is 14.2. The van der Waals surface area contributed by atoms with E-state index in [1.807, 2.05) is 24.3 Å². The highest BCUT2D eigenvalue weighted by atomic mass is 19.1. The van der Waals surface area contributed by atoms with Gasteiger partial charge in [-0.15, -0.1) is 0 Å². The number of rotatable bonds is 1. The Labute approximate surface area is 128 Å². The van der Waals surface area contributed by atoms with Gasteiger partial charge in [0.15, 0.2) is 0 Å². The number of benzene rings is 2. The maximum Gasteiger partial charge on any atom is 0.258 e. The highest BCUT2D eigenvalue weighted by Crippen LogP contribution is 2.31. The van der Waals surface area contributed by atoms with Crippen LogP contribution < -0.4 is 4.90 Å². The van der Waals surface area contributed by atoms with Crippen LogP contribution >= 0.6 is 0 Å². The average molecular weight is 297 g/mol. The molecule has 0 saturated carbocycles. The average Bonchev–Trinajstić information content (AvgIpc) is 3.01. The van der Waals surface area contributed by atoms with Gasteiger partial charge in [0.1, 0.15) is 5.82 Å². The van der Waals surface area contributed by atoms with Crippen LogP contribution in [0.1, 0.15) is 33.5 Å². The smallest absolute Gasteiger partial charge is 0.258 e. The minimum atomic E-state index is -0.324. The summed E-state index contributed by atoms with van der Waals surface area (Å²) in [4.78, 5) is 14.4. The number of para-hydroxylation sites is 1. The summed E-state index contributed by atoms with van der Waals surface area (Å²) in [6.45, 7) is 1.70. The van der Waals surface area contributed by atoms with Gasteiger partial charge in [0.05, 0.1) is 18.9 Å². The zero-order valence-corrected chi connectivity index (χ0v) is 12.1. The van der Waals surface area contributed by atoms with E-state index in [9.17, 15) is 9.18 Å². The molecule has 0 atom stereocenters. The Hall–Kier alpha value is -2.20. The van der Waals surface area contributed by atoms with E-state index in [0.29, 0.717) is 31.0 Å². The predicted octanol–water partition coefficient (Wildman–Crippen LogP) is 3.45. The number of halogens is 1. The van der Waals surface area contributed by atoms with Gasteiger partial charge in [0, 0.05) is 12.1 Å². The number of hydrogen-bond acceptors (Lipinski definition) is 2. The van der Waals surface area contributed by atoms with Crippen LogP contribution in [0.4, 0.5) is 10.1 Å². The number of hydrogen-bond donors (Lipinski definition) is 0. The third-order valence-electron chi connectivity index (χ3n) is 4.38. The van der Waals surface area contributed by atoms with Crippen LogP contribution in [-0.4, -0.2) is 12.5 Å². The van der Waals surface area contributed by atoms with Crippen molar-refractivity contribution < 1.29 is 13.9 Å². The summed E-state index contributed by atoms with van der Waals surface area (Å²) in [7, 11) is 0. The molecule has 1 amide bonds. The van der Waals surface area contributed by atoms with Crippen LogP contribution in [-0.2, 0) is 24.4 Å². The Kier molecular flexibility index (Phi) is 3.19. The Morgan fingerprint density at radius 3 is 2.86 bits per heavy atom. The van der Waals surface area contributed by atoms with Crippen LogP contribution in [0.3, 0.4) is 0 Å². The Morgan fingerprint density at radius 1 is 1.09 bits per heavy atom. The molecule has 4 rings (SSSR count). The van der Waals surface area contributed by atoms with E-state index in [0.717, 1.165) is 29.5 Å². The molecular formula is C18H16FNO2. The fourth-order valence-corrected chi connectivity index (χ4v) is 3.27. The van der Waals surface area contributed by atoms with E-state index in [4.69, 9.17) is 4.74 Å².